The van der Waals surface area contributed by atoms with E-state index >= 15 is 0 Å². The summed E-state index contributed by atoms with van der Waals surface area (Å²) in [4.78, 5) is 12.1. The van der Waals surface area contributed by atoms with Gasteiger partial charge in [0.15, 0.2) is 0 Å². The largest absolute Gasteiger partial charge is 0.304 e. The molecular weight excluding hydrogens is 278 g/mol. The first-order valence-corrected chi connectivity index (χ1v) is 8.28. The molecule has 1 saturated carbocycles. The molecule has 98 valence electrons. The summed E-state index contributed by atoms with van der Waals surface area (Å²) in [6.07, 6.45) is 10.7. The van der Waals surface area contributed by atoms with Crippen LogP contribution in [0.25, 0.3) is 0 Å². The first-order chi connectivity index (χ1) is 8.31. The molecule has 0 bridgehead atoms. The summed E-state index contributed by atoms with van der Waals surface area (Å²) in [5, 5.41) is 4.64. The van der Waals surface area contributed by atoms with Crippen LogP contribution in [-0.2, 0) is 4.79 Å². The maximum absolute atomic E-state index is 12.1. The quantitative estimate of drug-likeness (QED) is 0.623. The van der Waals surface area contributed by atoms with E-state index in [1.54, 1.807) is 0 Å². The third-order valence-corrected chi connectivity index (χ3v) is 4.91. The number of carbonyl (C=O) groups is 1. The van der Waals surface area contributed by atoms with E-state index in [-0.39, 0.29) is 6.04 Å². The number of halogens is 1. The molecule has 3 heteroatoms. The minimum Gasteiger partial charge on any atom is -0.304 e. The van der Waals surface area contributed by atoms with Crippen molar-refractivity contribution in [2.24, 2.45) is 5.92 Å². The number of rotatable bonds is 5. The van der Waals surface area contributed by atoms with Gasteiger partial charge in [-0.25, -0.2) is 0 Å². The fourth-order valence-electron chi connectivity index (χ4n) is 3.32. The molecular formula is C14H24BrNO. The summed E-state index contributed by atoms with van der Waals surface area (Å²) in [5.74, 6) is 1.31. The lowest BCUT2D eigenvalue weighted by Crippen LogP contribution is -2.52. The third-order valence-electron chi connectivity index (χ3n) is 4.35. The van der Waals surface area contributed by atoms with E-state index in [2.05, 4.69) is 21.2 Å². The number of nitrogens with one attached hydrogen (secondary N) is 1. The molecule has 1 N–H and O–H groups in total. The zero-order valence-corrected chi connectivity index (χ0v) is 12.2. The number of Topliss-reactive ketones (excluding diaryl/α,β-unsaturated/α-hetero) is 1. The van der Waals surface area contributed by atoms with Crippen LogP contribution in [0.15, 0.2) is 0 Å². The van der Waals surface area contributed by atoms with E-state index in [9.17, 15) is 4.79 Å². The lowest BCUT2D eigenvalue weighted by Gasteiger charge is -2.40. The van der Waals surface area contributed by atoms with Crippen LogP contribution in [-0.4, -0.2) is 23.2 Å². The number of fused-ring (bicyclic) bond motifs is 1. The van der Waals surface area contributed by atoms with Crippen LogP contribution in [0, 0.1) is 5.92 Å². The Hall–Kier alpha value is 0.110. The minimum atomic E-state index is 0.171. The molecule has 0 aromatic heterocycles. The van der Waals surface area contributed by atoms with Crippen molar-refractivity contribution in [1.29, 1.82) is 0 Å². The van der Waals surface area contributed by atoms with Crippen LogP contribution < -0.4 is 5.32 Å². The van der Waals surface area contributed by atoms with Gasteiger partial charge in [0.25, 0.3) is 0 Å². The number of carbonyl (C=O) groups excluding carboxylic acids is 1. The van der Waals surface area contributed by atoms with E-state index in [0.717, 1.165) is 36.9 Å². The Labute approximate surface area is 113 Å². The van der Waals surface area contributed by atoms with Crippen LogP contribution in [0.1, 0.15) is 57.8 Å². The standard InChI is InChI=1S/C14H24BrNO/c15-10-4-3-7-14(17)13-9-8-11-5-1-2-6-12(11)16-13/h11-13,16H,1-10H2. The Kier molecular flexibility index (Phi) is 5.49. The summed E-state index contributed by atoms with van der Waals surface area (Å²) in [6, 6.07) is 0.812. The average molecular weight is 302 g/mol. The van der Waals surface area contributed by atoms with Crippen molar-refractivity contribution in [1.82, 2.24) is 5.32 Å². The lowest BCUT2D eigenvalue weighted by atomic mass is 9.77. The number of unbranched alkanes of at least 4 members (excludes halogenated alkanes) is 1. The Bertz CT molecular complexity index is 257. The summed E-state index contributed by atoms with van der Waals surface area (Å²) >= 11 is 3.41. The molecule has 3 unspecified atom stereocenters. The van der Waals surface area contributed by atoms with E-state index in [0.29, 0.717) is 11.8 Å². The van der Waals surface area contributed by atoms with Gasteiger partial charge in [0, 0.05) is 17.8 Å². The molecule has 0 amide bonds. The van der Waals surface area contributed by atoms with Crippen LogP contribution in [0.4, 0.5) is 0 Å². The molecule has 1 aliphatic carbocycles. The predicted molar refractivity (Wildman–Crippen MR) is 74.6 cm³/mol. The summed E-state index contributed by atoms with van der Waals surface area (Å²) in [7, 11) is 0. The lowest BCUT2D eigenvalue weighted by molar-refractivity contribution is -0.122. The first kappa shape index (κ1) is 13.5. The highest BCUT2D eigenvalue weighted by Crippen LogP contribution is 2.32. The second-order valence-corrected chi connectivity index (χ2v) is 6.35. The van der Waals surface area contributed by atoms with Gasteiger partial charge in [-0.2, -0.15) is 0 Å². The van der Waals surface area contributed by atoms with Gasteiger partial charge >= 0.3 is 0 Å². The van der Waals surface area contributed by atoms with Gasteiger partial charge < -0.3 is 5.32 Å². The molecule has 2 nitrogen and oxygen atoms in total. The van der Waals surface area contributed by atoms with Gasteiger partial charge in [-0.3, -0.25) is 4.79 Å². The summed E-state index contributed by atoms with van der Waals surface area (Å²) < 4.78 is 0. The van der Waals surface area contributed by atoms with Crippen molar-refractivity contribution in [2.75, 3.05) is 5.33 Å². The van der Waals surface area contributed by atoms with Crippen molar-refractivity contribution in [3.05, 3.63) is 0 Å². The monoisotopic (exact) mass is 301 g/mol. The minimum absolute atomic E-state index is 0.171. The maximum atomic E-state index is 12.1. The molecule has 0 aromatic carbocycles. The Morgan fingerprint density at radius 1 is 1.12 bits per heavy atom. The van der Waals surface area contributed by atoms with E-state index in [1.807, 2.05) is 0 Å². The number of alkyl halides is 1. The molecule has 1 saturated heterocycles. The summed E-state index contributed by atoms with van der Waals surface area (Å²) in [6.45, 7) is 0. The number of hydrogen-bond donors (Lipinski definition) is 1. The SMILES string of the molecule is O=C(CCCCBr)C1CCC2CCCCC2N1. The molecule has 1 heterocycles. The molecule has 2 aliphatic rings. The Morgan fingerprint density at radius 3 is 2.76 bits per heavy atom. The summed E-state index contributed by atoms with van der Waals surface area (Å²) in [5.41, 5.74) is 0. The smallest absolute Gasteiger partial charge is 0.149 e. The molecule has 0 spiro atoms. The number of ketones is 1. The maximum Gasteiger partial charge on any atom is 0.149 e. The second kappa shape index (κ2) is 6.89. The van der Waals surface area contributed by atoms with Crippen molar-refractivity contribution in [3.63, 3.8) is 0 Å². The molecule has 2 rings (SSSR count). The van der Waals surface area contributed by atoms with E-state index in [1.165, 1.54) is 32.1 Å². The highest BCUT2D eigenvalue weighted by atomic mass is 79.9. The van der Waals surface area contributed by atoms with Gasteiger partial charge in [-0.15, -0.1) is 0 Å². The fourth-order valence-corrected chi connectivity index (χ4v) is 3.71. The number of piperidine rings is 1. The van der Waals surface area contributed by atoms with Gasteiger partial charge in [0.1, 0.15) is 5.78 Å². The van der Waals surface area contributed by atoms with Gasteiger partial charge in [0.05, 0.1) is 6.04 Å². The van der Waals surface area contributed by atoms with Gasteiger partial charge in [-0.1, -0.05) is 28.8 Å². The first-order valence-electron chi connectivity index (χ1n) is 7.16. The van der Waals surface area contributed by atoms with Gasteiger partial charge in [0.2, 0.25) is 0 Å². The normalized spacial score (nSPS) is 33.1. The van der Waals surface area contributed by atoms with Crippen LogP contribution in [0.2, 0.25) is 0 Å². The van der Waals surface area contributed by atoms with E-state index < -0.39 is 0 Å². The van der Waals surface area contributed by atoms with Crippen LogP contribution in [0.5, 0.6) is 0 Å². The molecule has 3 atom stereocenters. The fraction of sp³-hybridized carbons (Fsp3) is 0.929. The highest BCUT2D eigenvalue weighted by Gasteiger charge is 2.33. The molecule has 0 aromatic rings. The van der Waals surface area contributed by atoms with Crippen molar-refractivity contribution >= 4 is 21.7 Å². The van der Waals surface area contributed by atoms with Crippen LogP contribution in [0.3, 0.4) is 0 Å². The molecule has 2 fully saturated rings. The van der Waals surface area contributed by atoms with Crippen molar-refractivity contribution in [3.8, 4) is 0 Å². The molecule has 17 heavy (non-hydrogen) atoms. The molecule has 0 radical (unpaired) electrons. The zero-order chi connectivity index (χ0) is 12.1. The third kappa shape index (κ3) is 3.78. The van der Waals surface area contributed by atoms with Gasteiger partial charge in [-0.05, 0) is 44.4 Å². The molecule has 1 aliphatic heterocycles. The Morgan fingerprint density at radius 2 is 1.94 bits per heavy atom. The average Bonchev–Trinajstić information content (AvgIpc) is 2.38. The topological polar surface area (TPSA) is 29.1 Å². The zero-order valence-electron chi connectivity index (χ0n) is 10.6. The number of hydrogen-bond acceptors (Lipinski definition) is 2. The van der Waals surface area contributed by atoms with Crippen molar-refractivity contribution in [2.45, 2.75) is 69.9 Å². The second-order valence-electron chi connectivity index (χ2n) is 5.56. The van der Waals surface area contributed by atoms with Crippen LogP contribution >= 0.6 is 15.9 Å². The predicted octanol–water partition coefficient (Wildman–Crippen LogP) is 3.43. The Balaban J connectivity index is 1.76. The highest BCUT2D eigenvalue weighted by molar-refractivity contribution is 9.09. The van der Waals surface area contributed by atoms with Crippen molar-refractivity contribution < 1.29 is 4.79 Å². The van der Waals surface area contributed by atoms with E-state index in [4.69, 9.17) is 0 Å².